The number of amides is 1. The number of methoxy groups -OCH3 is 1. The van der Waals surface area contributed by atoms with Crippen molar-refractivity contribution in [3.8, 4) is 5.75 Å². The number of carbonyl (C=O) groups excluding carboxylic acids is 1. The fraction of sp³-hybridized carbons (Fsp3) is 0.188. The maximum atomic E-state index is 12.4. The average Bonchev–Trinajstić information content (AvgIpc) is 2.89. The molecule has 0 spiro atoms. The van der Waals surface area contributed by atoms with Crippen molar-refractivity contribution in [3.63, 3.8) is 0 Å². The van der Waals surface area contributed by atoms with Crippen LogP contribution in [0.4, 0.5) is 5.69 Å². The SMILES string of the molecule is COc1ccc(Cl)cc1N1C(=O)CS[C@H]1c1ccc(Br)cc1. The molecular formula is C16H13BrClNO2S. The van der Waals surface area contributed by atoms with Gasteiger partial charge in [0.05, 0.1) is 18.6 Å². The van der Waals surface area contributed by atoms with E-state index in [-0.39, 0.29) is 11.3 Å². The minimum absolute atomic E-state index is 0.0542. The molecule has 3 rings (SSSR count). The minimum atomic E-state index is -0.0760. The summed E-state index contributed by atoms with van der Waals surface area (Å²) in [5.74, 6) is 1.14. The highest BCUT2D eigenvalue weighted by molar-refractivity contribution is 9.10. The van der Waals surface area contributed by atoms with Gasteiger partial charge in [0, 0.05) is 9.50 Å². The molecule has 2 aromatic rings. The third kappa shape index (κ3) is 2.98. The molecule has 1 amide bonds. The van der Waals surface area contributed by atoms with Gasteiger partial charge in [0.25, 0.3) is 0 Å². The van der Waals surface area contributed by atoms with Crippen LogP contribution in [0.1, 0.15) is 10.9 Å². The first kappa shape index (κ1) is 15.7. The number of carbonyl (C=O) groups is 1. The predicted molar refractivity (Wildman–Crippen MR) is 94.8 cm³/mol. The highest BCUT2D eigenvalue weighted by Gasteiger charge is 2.35. The second kappa shape index (κ2) is 6.52. The van der Waals surface area contributed by atoms with E-state index in [1.165, 1.54) is 0 Å². The van der Waals surface area contributed by atoms with Gasteiger partial charge in [0.15, 0.2) is 0 Å². The van der Waals surface area contributed by atoms with Crippen LogP contribution >= 0.6 is 39.3 Å². The summed E-state index contributed by atoms with van der Waals surface area (Å²) in [7, 11) is 1.59. The Bertz CT molecular complexity index is 708. The van der Waals surface area contributed by atoms with Crippen LogP contribution in [0.5, 0.6) is 5.75 Å². The fourth-order valence-electron chi connectivity index (χ4n) is 2.41. The second-order valence-corrected chi connectivity index (χ2v) is 7.22. The first-order valence-electron chi connectivity index (χ1n) is 6.63. The molecule has 1 atom stereocenters. The Balaban J connectivity index is 2.05. The first-order valence-corrected chi connectivity index (χ1v) is 8.85. The van der Waals surface area contributed by atoms with Gasteiger partial charge in [-0.3, -0.25) is 9.69 Å². The van der Waals surface area contributed by atoms with Gasteiger partial charge < -0.3 is 4.74 Å². The standard InChI is InChI=1S/C16H13BrClNO2S/c1-21-14-7-6-12(18)8-13(14)19-15(20)9-22-16(19)10-2-4-11(17)5-3-10/h2-8,16H,9H2,1H3/t16-/m0/s1. The van der Waals surface area contributed by atoms with Crippen LogP contribution < -0.4 is 9.64 Å². The van der Waals surface area contributed by atoms with E-state index < -0.39 is 0 Å². The Kier molecular flexibility index (Phi) is 4.66. The summed E-state index contributed by atoms with van der Waals surface area (Å²) in [6.45, 7) is 0. The number of hydrogen-bond acceptors (Lipinski definition) is 3. The van der Waals surface area contributed by atoms with Gasteiger partial charge in [0.2, 0.25) is 5.91 Å². The van der Waals surface area contributed by atoms with Crippen LogP contribution in [-0.4, -0.2) is 18.8 Å². The Labute approximate surface area is 146 Å². The van der Waals surface area contributed by atoms with Crippen molar-refractivity contribution in [1.29, 1.82) is 0 Å². The summed E-state index contributed by atoms with van der Waals surface area (Å²) in [5.41, 5.74) is 1.78. The van der Waals surface area contributed by atoms with Crippen LogP contribution in [0, 0.1) is 0 Å². The predicted octanol–water partition coefficient (Wildman–Crippen LogP) is 4.89. The lowest BCUT2D eigenvalue weighted by atomic mass is 10.2. The van der Waals surface area contributed by atoms with E-state index >= 15 is 0 Å². The van der Waals surface area contributed by atoms with Gasteiger partial charge in [0.1, 0.15) is 11.1 Å². The Hall–Kier alpha value is -1.17. The van der Waals surface area contributed by atoms with Crippen LogP contribution in [0.2, 0.25) is 5.02 Å². The highest BCUT2D eigenvalue weighted by atomic mass is 79.9. The number of rotatable bonds is 3. The molecule has 1 fully saturated rings. The van der Waals surface area contributed by atoms with Gasteiger partial charge in [-0.25, -0.2) is 0 Å². The third-order valence-electron chi connectivity index (χ3n) is 3.42. The molecule has 3 nitrogen and oxygen atoms in total. The van der Waals surface area contributed by atoms with Crippen molar-refractivity contribution in [1.82, 2.24) is 0 Å². The van der Waals surface area contributed by atoms with Gasteiger partial charge in [-0.05, 0) is 35.9 Å². The summed E-state index contributed by atoms with van der Waals surface area (Å²) in [6, 6.07) is 13.3. The normalized spacial score (nSPS) is 17.9. The molecule has 1 heterocycles. The smallest absolute Gasteiger partial charge is 0.238 e. The van der Waals surface area contributed by atoms with E-state index in [4.69, 9.17) is 16.3 Å². The number of anilines is 1. The maximum Gasteiger partial charge on any atom is 0.238 e. The van der Waals surface area contributed by atoms with Crippen molar-refractivity contribution >= 4 is 50.9 Å². The van der Waals surface area contributed by atoms with Crippen LogP contribution in [0.15, 0.2) is 46.9 Å². The average molecular weight is 399 g/mol. The molecule has 22 heavy (non-hydrogen) atoms. The zero-order valence-corrected chi connectivity index (χ0v) is 14.9. The molecule has 0 aromatic heterocycles. The maximum absolute atomic E-state index is 12.4. The molecule has 6 heteroatoms. The molecule has 114 valence electrons. The number of nitrogens with zero attached hydrogens (tertiary/aromatic N) is 1. The van der Waals surface area contributed by atoms with Crippen molar-refractivity contribution in [2.45, 2.75) is 5.37 Å². The minimum Gasteiger partial charge on any atom is -0.495 e. The number of ether oxygens (including phenoxy) is 1. The largest absolute Gasteiger partial charge is 0.495 e. The molecule has 0 N–H and O–H groups in total. The van der Waals surface area contributed by atoms with Crippen molar-refractivity contribution in [2.75, 3.05) is 17.8 Å². The summed E-state index contributed by atoms with van der Waals surface area (Å²) in [6.07, 6.45) is 0. The van der Waals surface area contributed by atoms with E-state index in [9.17, 15) is 4.79 Å². The Morgan fingerprint density at radius 2 is 2.00 bits per heavy atom. The van der Waals surface area contributed by atoms with Gasteiger partial charge in [-0.2, -0.15) is 0 Å². The van der Waals surface area contributed by atoms with E-state index in [0.717, 1.165) is 10.0 Å². The lowest BCUT2D eigenvalue weighted by Crippen LogP contribution is -2.28. The Morgan fingerprint density at radius 1 is 1.27 bits per heavy atom. The molecule has 0 saturated carbocycles. The molecular weight excluding hydrogens is 386 g/mol. The second-order valence-electron chi connectivity index (χ2n) is 4.79. The van der Waals surface area contributed by atoms with Crippen LogP contribution in [0.25, 0.3) is 0 Å². The summed E-state index contributed by atoms with van der Waals surface area (Å²) >= 11 is 11.1. The summed E-state index contributed by atoms with van der Waals surface area (Å²) in [5, 5.41) is 0.503. The summed E-state index contributed by atoms with van der Waals surface area (Å²) < 4.78 is 6.41. The van der Waals surface area contributed by atoms with E-state index in [1.54, 1.807) is 42.0 Å². The number of halogens is 2. The van der Waals surface area contributed by atoms with Crippen molar-refractivity contribution in [3.05, 3.63) is 57.5 Å². The van der Waals surface area contributed by atoms with E-state index in [1.807, 2.05) is 24.3 Å². The summed E-state index contributed by atoms with van der Waals surface area (Å²) in [4.78, 5) is 14.2. The zero-order chi connectivity index (χ0) is 15.7. The van der Waals surface area contributed by atoms with E-state index in [0.29, 0.717) is 22.2 Å². The molecule has 0 unspecified atom stereocenters. The quantitative estimate of drug-likeness (QED) is 0.737. The topological polar surface area (TPSA) is 29.5 Å². The lowest BCUT2D eigenvalue weighted by Gasteiger charge is -2.26. The third-order valence-corrected chi connectivity index (χ3v) is 5.40. The highest BCUT2D eigenvalue weighted by Crippen LogP contribution is 2.45. The number of hydrogen-bond donors (Lipinski definition) is 0. The van der Waals surface area contributed by atoms with Crippen molar-refractivity contribution < 1.29 is 9.53 Å². The van der Waals surface area contributed by atoms with Crippen molar-refractivity contribution in [2.24, 2.45) is 0 Å². The van der Waals surface area contributed by atoms with Crippen LogP contribution in [0.3, 0.4) is 0 Å². The number of thioether (sulfide) groups is 1. The number of benzene rings is 2. The molecule has 0 radical (unpaired) electrons. The van der Waals surface area contributed by atoms with Gasteiger partial charge in [-0.15, -0.1) is 11.8 Å². The first-order chi connectivity index (χ1) is 10.6. The fourth-order valence-corrected chi connectivity index (χ4v) is 4.01. The van der Waals surface area contributed by atoms with Crippen LogP contribution in [-0.2, 0) is 4.79 Å². The molecule has 1 saturated heterocycles. The Morgan fingerprint density at radius 3 is 2.68 bits per heavy atom. The van der Waals surface area contributed by atoms with Gasteiger partial charge >= 0.3 is 0 Å². The van der Waals surface area contributed by atoms with Gasteiger partial charge in [-0.1, -0.05) is 39.7 Å². The molecule has 1 aliphatic rings. The molecule has 0 aliphatic carbocycles. The van der Waals surface area contributed by atoms with E-state index in [2.05, 4.69) is 15.9 Å². The monoisotopic (exact) mass is 397 g/mol. The molecule has 2 aromatic carbocycles. The zero-order valence-electron chi connectivity index (χ0n) is 11.8. The lowest BCUT2D eigenvalue weighted by molar-refractivity contribution is -0.115. The molecule has 1 aliphatic heterocycles. The molecule has 0 bridgehead atoms.